The van der Waals surface area contributed by atoms with E-state index in [9.17, 15) is 10.2 Å². The molecule has 2 atom stereocenters. The van der Waals surface area contributed by atoms with E-state index in [0.717, 1.165) is 12.1 Å². The molecule has 2 rings (SSSR count). The van der Waals surface area contributed by atoms with Gasteiger partial charge in [-0.05, 0) is 20.8 Å². The molecule has 106 valence electrons. The highest BCUT2D eigenvalue weighted by molar-refractivity contribution is 5.33. The molecule has 2 heterocycles. The molecule has 1 aromatic rings. The van der Waals surface area contributed by atoms with Crippen LogP contribution in [0.1, 0.15) is 26.3 Å². The molecule has 0 saturated carbocycles. The van der Waals surface area contributed by atoms with Gasteiger partial charge in [-0.25, -0.2) is 9.97 Å². The average Bonchev–Trinajstić information content (AvgIpc) is 2.67. The monoisotopic (exact) mass is 266 g/mol. The normalized spacial score (nSPS) is 23.9. The van der Waals surface area contributed by atoms with E-state index in [1.807, 2.05) is 0 Å². The van der Waals surface area contributed by atoms with Crippen LogP contribution in [0.15, 0.2) is 12.4 Å². The number of nitrogens with zero attached hydrogens (tertiary/aromatic N) is 3. The second-order valence-electron chi connectivity index (χ2n) is 6.03. The maximum atomic E-state index is 9.50. The van der Waals surface area contributed by atoms with Crippen LogP contribution in [0, 0.1) is 0 Å². The zero-order valence-corrected chi connectivity index (χ0v) is 11.7. The number of hydrogen-bond acceptors (Lipinski definition) is 6. The smallest absolute Gasteiger partial charge is 0.225 e. The van der Waals surface area contributed by atoms with Crippen LogP contribution in [0.4, 0.5) is 5.95 Å². The second-order valence-corrected chi connectivity index (χ2v) is 6.03. The molecular formula is C13H22N4O2. The Morgan fingerprint density at radius 3 is 2.21 bits per heavy atom. The van der Waals surface area contributed by atoms with Gasteiger partial charge in [-0.2, -0.15) is 0 Å². The number of hydrogen-bond donors (Lipinski definition) is 3. The van der Waals surface area contributed by atoms with Gasteiger partial charge in [0, 0.05) is 43.1 Å². The van der Waals surface area contributed by atoms with E-state index in [1.54, 1.807) is 17.3 Å². The Morgan fingerprint density at radius 1 is 1.21 bits per heavy atom. The van der Waals surface area contributed by atoms with E-state index in [2.05, 4.69) is 36.1 Å². The van der Waals surface area contributed by atoms with Gasteiger partial charge in [0.25, 0.3) is 0 Å². The number of nitrogens with one attached hydrogen (secondary N) is 1. The molecule has 1 aliphatic heterocycles. The SMILES string of the molecule is CC(C)(C)NCc1cnc(N2CC(O)C(O)C2)nc1. The third-order valence-corrected chi connectivity index (χ3v) is 3.06. The summed E-state index contributed by atoms with van der Waals surface area (Å²) in [5, 5.41) is 22.4. The van der Waals surface area contributed by atoms with Gasteiger partial charge in [0.1, 0.15) is 0 Å². The van der Waals surface area contributed by atoms with Gasteiger partial charge in [0.05, 0.1) is 12.2 Å². The number of β-amino-alcohol motifs (C(OH)–C–C–N with tert-alkyl or cyclic N) is 2. The van der Waals surface area contributed by atoms with Crippen molar-refractivity contribution in [2.45, 2.75) is 45.1 Å². The minimum Gasteiger partial charge on any atom is -0.388 e. The van der Waals surface area contributed by atoms with E-state index in [1.165, 1.54) is 0 Å². The molecule has 1 aromatic heterocycles. The molecule has 1 saturated heterocycles. The average molecular weight is 266 g/mol. The first-order chi connectivity index (χ1) is 8.85. The van der Waals surface area contributed by atoms with Crippen molar-refractivity contribution in [1.29, 1.82) is 0 Å². The summed E-state index contributed by atoms with van der Waals surface area (Å²) in [6, 6.07) is 0. The number of aliphatic hydroxyl groups excluding tert-OH is 2. The van der Waals surface area contributed by atoms with Crippen LogP contribution in [0.5, 0.6) is 0 Å². The van der Waals surface area contributed by atoms with Crippen molar-refractivity contribution < 1.29 is 10.2 Å². The van der Waals surface area contributed by atoms with Crippen molar-refractivity contribution in [3.05, 3.63) is 18.0 Å². The Morgan fingerprint density at radius 2 is 1.74 bits per heavy atom. The molecule has 0 spiro atoms. The standard InChI is InChI=1S/C13H22N4O2/c1-13(2,3)16-6-9-4-14-12(15-5-9)17-7-10(18)11(19)8-17/h4-5,10-11,16,18-19H,6-8H2,1-3H3. The molecule has 1 fully saturated rings. The van der Waals surface area contributed by atoms with E-state index < -0.39 is 12.2 Å². The number of rotatable bonds is 3. The van der Waals surface area contributed by atoms with Crippen LogP contribution < -0.4 is 10.2 Å². The molecule has 0 radical (unpaired) electrons. The third kappa shape index (κ3) is 3.86. The number of aliphatic hydroxyl groups is 2. The predicted octanol–water partition coefficient (Wildman–Crippen LogP) is -0.0935. The first kappa shape index (κ1) is 14.2. The van der Waals surface area contributed by atoms with E-state index in [4.69, 9.17) is 0 Å². The van der Waals surface area contributed by atoms with E-state index in [0.29, 0.717) is 19.0 Å². The first-order valence-corrected chi connectivity index (χ1v) is 6.52. The van der Waals surface area contributed by atoms with Crippen LogP contribution in [-0.2, 0) is 6.54 Å². The summed E-state index contributed by atoms with van der Waals surface area (Å²) in [6.45, 7) is 7.79. The van der Waals surface area contributed by atoms with Crippen molar-refractivity contribution in [3.8, 4) is 0 Å². The minimum atomic E-state index is -0.717. The van der Waals surface area contributed by atoms with Crippen LogP contribution in [0.25, 0.3) is 0 Å². The Hall–Kier alpha value is -1.24. The van der Waals surface area contributed by atoms with Gasteiger partial charge in [-0.1, -0.05) is 0 Å². The third-order valence-electron chi connectivity index (χ3n) is 3.06. The van der Waals surface area contributed by atoms with Crippen molar-refractivity contribution in [2.24, 2.45) is 0 Å². The highest BCUT2D eigenvalue weighted by Gasteiger charge is 2.30. The maximum absolute atomic E-state index is 9.50. The highest BCUT2D eigenvalue weighted by atomic mass is 16.3. The van der Waals surface area contributed by atoms with Gasteiger partial charge < -0.3 is 20.4 Å². The first-order valence-electron chi connectivity index (χ1n) is 6.52. The highest BCUT2D eigenvalue weighted by Crippen LogP contribution is 2.16. The fourth-order valence-corrected chi connectivity index (χ4v) is 1.90. The maximum Gasteiger partial charge on any atom is 0.225 e. The van der Waals surface area contributed by atoms with Crippen LogP contribution in [0.3, 0.4) is 0 Å². The Labute approximate surface area is 113 Å². The lowest BCUT2D eigenvalue weighted by Gasteiger charge is -2.20. The van der Waals surface area contributed by atoms with Gasteiger partial charge in [0.2, 0.25) is 5.95 Å². The molecule has 6 heteroatoms. The molecule has 0 amide bonds. The molecule has 3 N–H and O–H groups in total. The van der Waals surface area contributed by atoms with Gasteiger partial charge >= 0.3 is 0 Å². The zero-order chi connectivity index (χ0) is 14.0. The largest absolute Gasteiger partial charge is 0.388 e. The predicted molar refractivity (Wildman–Crippen MR) is 72.9 cm³/mol. The lowest BCUT2D eigenvalue weighted by molar-refractivity contribution is 0.0572. The molecule has 6 nitrogen and oxygen atoms in total. The molecule has 2 unspecified atom stereocenters. The van der Waals surface area contributed by atoms with Crippen molar-refractivity contribution >= 4 is 5.95 Å². The lowest BCUT2D eigenvalue weighted by Crippen LogP contribution is -2.35. The topological polar surface area (TPSA) is 81.5 Å². The van der Waals surface area contributed by atoms with Crippen LogP contribution in [-0.4, -0.2) is 51.0 Å². The molecule has 0 bridgehead atoms. The molecule has 0 aliphatic carbocycles. The summed E-state index contributed by atoms with van der Waals surface area (Å²) in [5.41, 5.74) is 1.07. The fraction of sp³-hybridized carbons (Fsp3) is 0.692. The minimum absolute atomic E-state index is 0.0574. The second kappa shape index (κ2) is 5.40. The van der Waals surface area contributed by atoms with Crippen LogP contribution in [0.2, 0.25) is 0 Å². The molecule has 19 heavy (non-hydrogen) atoms. The van der Waals surface area contributed by atoms with Crippen molar-refractivity contribution in [1.82, 2.24) is 15.3 Å². The van der Waals surface area contributed by atoms with Gasteiger partial charge in [-0.15, -0.1) is 0 Å². The van der Waals surface area contributed by atoms with E-state index in [-0.39, 0.29) is 5.54 Å². The van der Waals surface area contributed by atoms with Gasteiger partial charge in [-0.3, -0.25) is 0 Å². The summed E-state index contributed by atoms with van der Waals surface area (Å²) in [6.07, 6.45) is 2.12. The fourth-order valence-electron chi connectivity index (χ4n) is 1.90. The Bertz CT molecular complexity index is 406. The van der Waals surface area contributed by atoms with Crippen molar-refractivity contribution in [3.63, 3.8) is 0 Å². The Balaban J connectivity index is 1.95. The van der Waals surface area contributed by atoms with Gasteiger partial charge in [0.15, 0.2) is 0 Å². The summed E-state index contributed by atoms with van der Waals surface area (Å²) in [4.78, 5) is 10.4. The summed E-state index contributed by atoms with van der Waals surface area (Å²) < 4.78 is 0. The number of anilines is 1. The quantitative estimate of drug-likeness (QED) is 0.709. The van der Waals surface area contributed by atoms with Crippen LogP contribution >= 0.6 is 0 Å². The Kier molecular flexibility index (Phi) is 4.03. The number of aromatic nitrogens is 2. The van der Waals surface area contributed by atoms with E-state index >= 15 is 0 Å². The molecular weight excluding hydrogens is 244 g/mol. The summed E-state index contributed by atoms with van der Waals surface area (Å²) in [5.74, 6) is 0.551. The van der Waals surface area contributed by atoms with Crippen molar-refractivity contribution in [2.75, 3.05) is 18.0 Å². The zero-order valence-electron chi connectivity index (χ0n) is 11.7. The summed E-state index contributed by atoms with van der Waals surface area (Å²) >= 11 is 0. The molecule has 1 aliphatic rings. The molecule has 0 aromatic carbocycles. The lowest BCUT2D eigenvalue weighted by atomic mass is 10.1. The summed E-state index contributed by atoms with van der Waals surface area (Å²) in [7, 11) is 0.